The first-order valence-corrected chi connectivity index (χ1v) is 10.1. The van der Waals surface area contributed by atoms with E-state index < -0.39 is 5.97 Å². The molecule has 0 fully saturated rings. The van der Waals surface area contributed by atoms with Crippen LogP contribution in [0.15, 0.2) is 55.1 Å². The van der Waals surface area contributed by atoms with Gasteiger partial charge in [0.25, 0.3) is 0 Å². The topological polar surface area (TPSA) is 129 Å². The Hall–Kier alpha value is -4.54. The highest BCUT2D eigenvalue weighted by atomic mass is 16.5. The quantitative estimate of drug-likeness (QED) is 0.389. The lowest BCUT2D eigenvalue weighted by Gasteiger charge is -2.16. The molecule has 11 nitrogen and oxygen atoms in total. The normalized spacial score (nSPS) is 10.5. The zero-order valence-electron chi connectivity index (χ0n) is 18.3. The van der Waals surface area contributed by atoms with Crippen LogP contribution in [0.1, 0.15) is 17.3 Å². The highest BCUT2D eigenvalue weighted by molar-refractivity contribution is 5.96. The van der Waals surface area contributed by atoms with Crippen LogP contribution in [0.5, 0.6) is 5.75 Å². The molecule has 3 aromatic heterocycles. The average molecular weight is 446 g/mol. The first-order valence-electron chi connectivity index (χ1n) is 10.1. The minimum absolute atomic E-state index is 0.173. The van der Waals surface area contributed by atoms with Gasteiger partial charge in [0.2, 0.25) is 5.95 Å². The first-order chi connectivity index (χ1) is 16.1. The molecule has 2 N–H and O–H groups in total. The average Bonchev–Trinajstić information content (AvgIpc) is 3.26. The number of aryl methyl sites for hydroxylation is 1. The summed E-state index contributed by atoms with van der Waals surface area (Å²) in [6.45, 7) is 1.95. The predicted molar refractivity (Wildman–Crippen MR) is 122 cm³/mol. The van der Waals surface area contributed by atoms with Gasteiger partial charge in [0.15, 0.2) is 17.4 Å². The van der Waals surface area contributed by atoms with Gasteiger partial charge in [-0.25, -0.2) is 19.7 Å². The Morgan fingerprint density at radius 1 is 1.09 bits per heavy atom. The minimum atomic E-state index is -0.550. The van der Waals surface area contributed by atoms with E-state index in [0.29, 0.717) is 28.6 Å². The number of carbonyl (C=O) groups is 1. The van der Waals surface area contributed by atoms with Crippen LogP contribution in [-0.4, -0.2) is 49.4 Å². The maximum atomic E-state index is 12.5. The fourth-order valence-corrected chi connectivity index (χ4v) is 3.07. The van der Waals surface area contributed by atoms with E-state index in [4.69, 9.17) is 9.47 Å². The summed E-state index contributed by atoms with van der Waals surface area (Å²) < 4.78 is 12.4. The summed E-state index contributed by atoms with van der Waals surface area (Å²) in [4.78, 5) is 29.8. The van der Waals surface area contributed by atoms with Gasteiger partial charge in [-0.2, -0.15) is 10.1 Å². The van der Waals surface area contributed by atoms with Crippen molar-refractivity contribution in [3.8, 4) is 17.1 Å². The Morgan fingerprint density at radius 3 is 2.67 bits per heavy atom. The molecule has 0 aliphatic carbocycles. The van der Waals surface area contributed by atoms with E-state index in [1.165, 1.54) is 6.20 Å². The number of ether oxygens (including phenoxy) is 2. The van der Waals surface area contributed by atoms with Crippen LogP contribution < -0.4 is 15.4 Å². The van der Waals surface area contributed by atoms with Crippen molar-refractivity contribution in [1.29, 1.82) is 0 Å². The summed E-state index contributed by atoms with van der Waals surface area (Å²) in [5.74, 6) is 1.51. The van der Waals surface area contributed by atoms with Crippen molar-refractivity contribution in [2.24, 2.45) is 7.05 Å². The number of pyridine rings is 1. The number of nitrogens with zero attached hydrogens (tertiary/aromatic N) is 6. The summed E-state index contributed by atoms with van der Waals surface area (Å²) in [6.07, 6.45) is 4.65. The number of esters is 1. The summed E-state index contributed by atoms with van der Waals surface area (Å²) >= 11 is 0. The summed E-state index contributed by atoms with van der Waals surface area (Å²) in [7, 11) is 3.33. The van der Waals surface area contributed by atoms with Crippen molar-refractivity contribution in [2.75, 3.05) is 24.4 Å². The number of hydrogen-bond acceptors (Lipinski definition) is 10. The Balaban J connectivity index is 1.74. The second kappa shape index (κ2) is 9.73. The molecular formula is C22H22N8O3. The number of benzene rings is 1. The molecule has 0 spiro atoms. The van der Waals surface area contributed by atoms with Gasteiger partial charge in [0, 0.05) is 19.4 Å². The molecule has 4 rings (SSSR count). The third-order valence-electron chi connectivity index (χ3n) is 4.50. The monoisotopic (exact) mass is 446 g/mol. The molecule has 168 valence electrons. The lowest BCUT2D eigenvalue weighted by molar-refractivity contribution is 0.0526. The Bertz CT molecular complexity index is 1260. The van der Waals surface area contributed by atoms with Gasteiger partial charge in [-0.3, -0.25) is 4.68 Å². The maximum absolute atomic E-state index is 12.5. The van der Waals surface area contributed by atoms with Crippen molar-refractivity contribution in [2.45, 2.75) is 6.92 Å². The van der Waals surface area contributed by atoms with Crippen LogP contribution in [0, 0.1) is 0 Å². The van der Waals surface area contributed by atoms with Crippen LogP contribution in [0.25, 0.3) is 11.4 Å². The molecule has 3 heterocycles. The maximum Gasteiger partial charge on any atom is 0.343 e. The molecule has 0 aliphatic heterocycles. The van der Waals surface area contributed by atoms with E-state index in [0.717, 1.165) is 0 Å². The molecule has 0 saturated heterocycles. The summed E-state index contributed by atoms with van der Waals surface area (Å²) in [6, 6.07) is 10.9. The molecule has 0 atom stereocenters. The van der Waals surface area contributed by atoms with E-state index >= 15 is 0 Å². The lowest BCUT2D eigenvalue weighted by atomic mass is 10.1. The van der Waals surface area contributed by atoms with Gasteiger partial charge in [-0.05, 0) is 31.2 Å². The van der Waals surface area contributed by atoms with Gasteiger partial charge in [0.05, 0.1) is 25.0 Å². The Labute approximate surface area is 189 Å². The highest BCUT2D eigenvalue weighted by Crippen LogP contribution is 2.36. The lowest BCUT2D eigenvalue weighted by Crippen LogP contribution is -2.12. The van der Waals surface area contributed by atoms with E-state index in [9.17, 15) is 4.79 Å². The molecular weight excluding hydrogens is 424 g/mol. The Morgan fingerprint density at radius 2 is 1.97 bits per heavy atom. The van der Waals surface area contributed by atoms with E-state index in [1.54, 1.807) is 56.5 Å². The summed E-state index contributed by atoms with van der Waals surface area (Å²) in [5.41, 5.74) is 1.42. The molecule has 0 unspecified atom stereocenters. The van der Waals surface area contributed by atoms with Crippen LogP contribution in [0.2, 0.25) is 0 Å². The first kappa shape index (κ1) is 21.7. The number of rotatable bonds is 8. The van der Waals surface area contributed by atoms with Gasteiger partial charge in [-0.1, -0.05) is 12.1 Å². The zero-order valence-corrected chi connectivity index (χ0v) is 18.3. The zero-order chi connectivity index (χ0) is 23.2. The number of carbonyl (C=O) groups excluding carboxylic acids is 1. The standard InChI is InChI=1S/C22H22N8O3/c1-4-33-21(31)15-12-24-22(27-17-10-5-6-11-23-17)28-20(15)26-16-9-7-8-14(18(16)32-3)19-25-13-30(2)29-19/h5-13H,4H2,1-3H3,(H2,23,24,26,27,28). The van der Waals surface area contributed by atoms with Gasteiger partial charge >= 0.3 is 5.97 Å². The number of methoxy groups -OCH3 is 1. The van der Waals surface area contributed by atoms with Gasteiger partial charge in [-0.15, -0.1) is 0 Å². The molecule has 1 aromatic carbocycles. The second-order valence-corrected chi connectivity index (χ2v) is 6.77. The molecule has 33 heavy (non-hydrogen) atoms. The summed E-state index contributed by atoms with van der Waals surface area (Å²) in [5, 5.41) is 10.5. The number of hydrogen-bond donors (Lipinski definition) is 2. The van der Waals surface area contributed by atoms with Crippen molar-refractivity contribution in [3.63, 3.8) is 0 Å². The number of anilines is 4. The second-order valence-electron chi connectivity index (χ2n) is 6.77. The molecule has 0 saturated carbocycles. The van der Waals surface area contributed by atoms with E-state index in [-0.39, 0.29) is 23.9 Å². The van der Waals surface area contributed by atoms with Crippen LogP contribution >= 0.6 is 0 Å². The third kappa shape index (κ3) is 4.87. The van der Waals surface area contributed by atoms with E-state index in [2.05, 4.69) is 35.7 Å². The van der Waals surface area contributed by atoms with Crippen molar-refractivity contribution >= 4 is 29.2 Å². The van der Waals surface area contributed by atoms with Crippen LogP contribution in [0.3, 0.4) is 0 Å². The molecule has 11 heteroatoms. The SMILES string of the molecule is CCOC(=O)c1cnc(Nc2ccccn2)nc1Nc1cccc(-c2ncn(C)n2)c1OC. The number of para-hydroxylation sites is 1. The number of aromatic nitrogens is 6. The van der Waals surface area contributed by atoms with Crippen LogP contribution in [-0.2, 0) is 11.8 Å². The Kier molecular flexibility index (Phi) is 6.39. The van der Waals surface area contributed by atoms with Gasteiger partial charge in [0.1, 0.15) is 17.7 Å². The predicted octanol–water partition coefficient (Wildman–Crippen LogP) is 3.34. The van der Waals surface area contributed by atoms with Crippen molar-refractivity contribution in [1.82, 2.24) is 29.7 Å². The van der Waals surface area contributed by atoms with Crippen LogP contribution in [0.4, 0.5) is 23.3 Å². The highest BCUT2D eigenvalue weighted by Gasteiger charge is 2.20. The minimum Gasteiger partial charge on any atom is -0.494 e. The largest absolute Gasteiger partial charge is 0.494 e. The molecule has 0 bridgehead atoms. The fourth-order valence-electron chi connectivity index (χ4n) is 3.07. The van der Waals surface area contributed by atoms with Crippen molar-refractivity contribution < 1.29 is 14.3 Å². The molecule has 0 aliphatic rings. The molecule has 4 aromatic rings. The third-order valence-corrected chi connectivity index (χ3v) is 4.50. The van der Waals surface area contributed by atoms with Gasteiger partial charge < -0.3 is 20.1 Å². The molecule has 0 radical (unpaired) electrons. The van der Waals surface area contributed by atoms with Crippen molar-refractivity contribution in [3.05, 3.63) is 60.7 Å². The van der Waals surface area contributed by atoms with E-state index in [1.807, 2.05) is 18.2 Å². The number of nitrogens with one attached hydrogen (secondary N) is 2. The molecule has 0 amide bonds. The smallest absolute Gasteiger partial charge is 0.343 e. The fraction of sp³-hybridized carbons (Fsp3) is 0.182.